The van der Waals surface area contributed by atoms with Gasteiger partial charge in [0.1, 0.15) is 5.75 Å². The van der Waals surface area contributed by atoms with Gasteiger partial charge in [0.05, 0.1) is 5.69 Å². The third-order valence-corrected chi connectivity index (χ3v) is 3.08. The maximum Gasteiger partial charge on any atom is 0.265 e. The van der Waals surface area contributed by atoms with Crippen molar-refractivity contribution in [3.63, 3.8) is 0 Å². The van der Waals surface area contributed by atoms with E-state index < -0.39 is 6.10 Å². The standard InChI is InChI=1S/C14H20N2O3/c1-9(6-7-18-3)15-11-4-5-13-12(8-11)16-14(17)10(2)19-13/h4-5,8-10,15H,6-7H2,1-3H3,(H,16,17). The molecule has 19 heavy (non-hydrogen) atoms. The molecule has 104 valence electrons. The van der Waals surface area contributed by atoms with E-state index in [0.29, 0.717) is 17.5 Å². The molecule has 0 fully saturated rings. The summed E-state index contributed by atoms with van der Waals surface area (Å²) in [6.07, 6.45) is 0.486. The molecule has 1 aromatic rings. The zero-order chi connectivity index (χ0) is 13.8. The molecule has 1 aliphatic rings. The minimum absolute atomic E-state index is 0.114. The van der Waals surface area contributed by atoms with Crippen molar-refractivity contribution in [1.82, 2.24) is 0 Å². The molecule has 2 atom stereocenters. The number of ether oxygens (including phenoxy) is 2. The Hall–Kier alpha value is -1.75. The van der Waals surface area contributed by atoms with Crippen molar-refractivity contribution < 1.29 is 14.3 Å². The van der Waals surface area contributed by atoms with Crippen molar-refractivity contribution in [3.8, 4) is 5.75 Å². The van der Waals surface area contributed by atoms with Crippen LogP contribution in [0.4, 0.5) is 11.4 Å². The lowest BCUT2D eigenvalue weighted by Crippen LogP contribution is -2.34. The Bertz CT molecular complexity index is 462. The van der Waals surface area contributed by atoms with E-state index in [1.807, 2.05) is 18.2 Å². The Morgan fingerprint density at radius 3 is 3.05 bits per heavy atom. The summed E-state index contributed by atoms with van der Waals surface area (Å²) in [6.45, 7) is 4.54. The second kappa shape index (κ2) is 5.93. The van der Waals surface area contributed by atoms with E-state index >= 15 is 0 Å². The molecule has 2 unspecified atom stereocenters. The highest BCUT2D eigenvalue weighted by Crippen LogP contribution is 2.32. The normalized spacial score (nSPS) is 19.1. The number of hydrogen-bond acceptors (Lipinski definition) is 4. The summed E-state index contributed by atoms with van der Waals surface area (Å²) in [4.78, 5) is 11.6. The molecule has 5 nitrogen and oxygen atoms in total. The Labute approximate surface area is 113 Å². The van der Waals surface area contributed by atoms with Gasteiger partial charge in [0.15, 0.2) is 6.10 Å². The average molecular weight is 264 g/mol. The number of nitrogens with one attached hydrogen (secondary N) is 2. The number of carbonyl (C=O) groups is 1. The number of benzene rings is 1. The summed E-state index contributed by atoms with van der Waals surface area (Å²) >= 11 is 0. The van der Waals surface area contributed by atoms with Gasteiger partial charge in [0.25, 0.3) is 5.91 Å². The predicted octanol–water partition coefficient (Wildman–Crippen LogP) is 2.24. The topological polar surface area (TPSA) is 59.6 Å². The van der Waals surface area contributed by atoms with Gasteiger partial charge in [-0.3, -0.25) is 4.79 Å². The van der Waals surface area contributed by atoms with Crippen molar-refractivity contribution in [2.45, 2.75) is 32.4 Å². The summed E-state index contributed by atoms with van der Waals surface area (Å²) in [5, 5.41) is 6.20. The van der Waals surface area contributed by atoms with Crippen LogP contribution in [0.2, 0.25) is 0 Å². The van der Waals surface area contributed by atoms with Gasteiger partial charge in [-0.2, -0.15) is 0 Å². The van der Waals surface area contributed by atoms with Crippen LogP contribution in [0.1, 0.15) is 20.3 Å². The molecule has 0 bridgehead atoms. The molecule has 1 amide bonds. The summed E-state index contributed by atoms with van der Waals surface area (Å²) in [7, 11) is 1.69. The van der Waals surface area contributed by atoms with Gasteiger partial charge in [-0.05, 0) is 38.5 Å². The fourth-order valence-corrected chi connectivity index (χ4v) is 1.95. The lowest BCUT2D eigenvalue weighted by molar-refractivity contribution is -0.122. The molecule has 0 saturated carbocycles. The number of carbonyl (C=O) groups excluding carboxylic acids is 1. The quantitative estimate of drug-likeness (QED) is 0.856. The Morgan fingerprint density at radius 1 is 1.53 bits per heavy atom. The van der Waals surface area contributed by atoms with Gasteiger partial charge in [-0.15, -0.1) is 0 Å². The molecular weight excluding hydrogens is 244 g/mol. The highest BCUT2D eigenvalue weighted by molar-refractivity contribution is 5.98. The number of rotatable bonds is 5. The van der Waals surface area contributed by atoms with E-state index in [-0.39, 0.29) is 5.91 Å². The summed E-state index contributed by atoms with van der Waals surface area (Å²) in [5.41, 5.74) is 1.67. The van der Waals surface area contributed by atoms with E-state index in [9.17, 15) is 4.79 Å². The zero-order valence-corrected chi connectivity index (χ0v) is 11.5. The molecule has 0 saturated heterocycles. The smallest absolute Gasteiger partial charge is 0.265 e. The largest absolute Gasteiger partial charge is 0.479 e. The highest BCUT2D eigenvalue weighted by atomic mass is 16.5. The maximum absolute atomic E-state index is 11.6. The van der Waals surface area contributed by atoms with Gasteiger partial charge in [-0.1, -0.05) is 0 Å². The molecule has 5 heteroatoms. The SMILES string of the molecule is COCCC(C)Nc1ccc2c(c1)NC(=O)C(C)O2. The fourth-order valence-electron chi connectivity index (χ4n) is 1.95. The molecule has 0 aromatic heterocycles. The van der Waals surface area contributed by atoms with Gasteiger partial charge < -0.3 is 20.1 Å². The summed E-state index contributed by atoms with van der Waals surface area (Å²) < 4.78 is 10.6. The minimum atomic E-state index is -0.438. The summed E-state index contributed by atoms with van der Waals surface area (Å²) in [6, 6.07) is 6.02. The molecule has 2 N–H and O–H groups in total. The van der Waals surface area contributed by atoms with Crippen LogP contribution in [-0.2, 0) is 9.53 Å². The fraction of sp³-hybridized carbons (Fsp3) is 0.500. The van der Waals surface area contributed by atoms with Crippen LogP contribution in [0, 0.1) is 0 Å². The first-order valence-electron chi connectivity index (χ1n) is 6.47. The van der Waals surface area contributed by atoms with Crippen LogP contribution < -0.4 is 15.4 Å². The zero-order valence-electron chi connectivity index (χ0n) is 11.5. The second-order valence-electron chi connectivity index (χ2n) is 4.79. The molecule has 0 spiro atoms. The van der Waals surface area contributed by atoms with Crippen LogP contribution in [0.15, 0.2) is 18.2 Å². The Morgan fingerprint density at radius 2 is 2.32 bits per heavy atom. The van der Waals surface area contributed by atoms with Crippen molar-refractivity contribution in [3.05, 3.63) is 18.2 Å². The van der Waals surface area contributed by atoms with Crippen molar-refractivity contribution in [2.24, 2.45) is 0 Å². The molecule has 1 aliphatic heterocycles. The molecule has 1 aromatic carbocycles. The second-order valence-corrected chi connectivity index (χ2v) is 4.79. The first-order chi connectivity index (χ1) is 9.10. The van der Waals surface area contributed by atoms with Gasteiger partial charge in [-0.25, -0.2) is 0 Å². The monoisotopic (exact) mass is 264 g/mol. The van der Waals surface area contributed by atoms with Gasteiger partial charge in [0.2, 0.25) is 0 Å². The molecule has 2 rings (SSSR count). The average Bonchev–Trinajstić information content (AvgIpc) is 2.38. The highest BCUT2D eigenvalue weighted by Gasteiger charge is 2.23. The molecule has 0 radical (unpaired) electrons. The lowest BCUT2D eigenvalue weighted by Gasteiger charge is -2.24. The van der Waals surface area contributed by atoms with Crippen LogP contribution in [0.25, 0.3) is 0 Å². The molecule has 1 heterocycles. The summed E-state index contributed by atoms with van der Waals surface area (Å²) in [5.74, 6) is 0.597. The number of hydrogen-bond donors (Lipinski definition) is 2. The van der Waals surface area contributed by atoms with Crippen LogP contribution >= 0.6 is 0 Å². The Balaban J connectivity index is 2.05. The predicted molar refractivity (Wildman–Crippen MR) is 74.7 cm³/mol. The third-order valence-electron chi connectivity index (χ3n) is 3.08. The van der Waals surface area contributed by atoms with Crippen LogP contribution in [-0.4, -0.2) is 31.8 Å². The van der Waals surface area contributed by atoms with E-state index in [0.717, 1.165) is 18.7 Å². The number of anilines is 2. The van der Waals surface area contributed by atoms with Gasteiger partial charge in [0, 0.05) is 25.4 Å². The molecule has 0 aliphatic carbocycles. The molecular formula is C14H20N2O3. The third kappa shape index (κ3) is 3.38. The van der Waals surface area contributed by atoms with Crippen molar-refractivity contribution in [1.29, 1.82) is 0 Å². The number of methoxy groups -OCH3 is 1. The van der Waals surface area contributed by atoms with E-state index in [4.69, 9.17) is 9.47 Å². The van der Waals surface area contributed by atoms with Gasteiger partial charge >= 0.3 is 0 Å². The maximum atomic E-state index is 11.6. The van der Waals surface area contributed by atoms with E-state index in [1.54, 1.807) is 14.0 Å². The van der Waals surface area contributed by atoms with E-state index in [2.05, 4.69) is 17.6 Å². The first kappa shape index (κ1) is 13.7. The van der Waals surface area contributed by atoms with E-state index in [1.165, 1.54) is 0 Å². The first-order valence-corrected chi connectivity index (χ1v) is 6.47. The van der Waals surface area contributed by atoms with Crippen molar-refractivity contribution >= 4 is 17.3 Å². The Kier molecular flexibility index (Phi) is 4.27. The lowest BCUT2D eigenvalue weighted by atomic mass is 10.2. The van der Waals surface area contributed by atoms with Crippen LogP contribution in [0.5, 0.6) is 5.75 Å². The number of fused-ring (bicyclic) bond motifs is 1. The van der Waals surface area contributed by atoms with Crippen molar-refractivity contribution in [2.75, 3.05) is 24.4 Å². The number of amides is 1. The minimum Gasteiger partial charge on any atom is -0.479 e. The van der Waals surface area contributed by atoms with Crippen LogP contribution in [0.3, 0.4) is 0 Å².